The van der Waals surface area contributed by atoms with E-state index in [1.165, 1.54) is 12.8 Å². The highest BCUT2D eigenvalue weighted by atomic mass is 16.1. The first-order valence-corrected chi connectivity index (χ1v) is 9.93. The van der Waals surface area contributed by atoms with Gasteiger partial charge in [0.2, 0.25) is 0 Å². The van der Waals surface area contributed by atoms with Gasteiger partial charge in [-0.15, -0.1) is 0 Å². The molecule has 0 spiro atoms. The molecule has 1 aliphatic rings. The molecule has 1 fully saturated rings. The second-order valence-corrected chi connectivity index (χ2v) is 7.35. The molecule has 28 heavy (non-hydrogen) atoms. The number of anilines is 1. The van der Waals surface area contributed by atoms with Crippen LogP contribution >= 0.6 is 0 Å². The van der Waals surface area contributed by atoms with Crippen LogP contribution in [-0.2, 0) is 6.54 Å². The Balaban J connectivity index is 1.39. The van der Waals surface area contributed by atoms with E-state index >= 15 is 0 Å². The van der Waals surface area contributed by atoms with Crippen LogP contribution in [0.5, 0.6) is 0 Å². The van der Waals surface area contributed by atoms with E-state index in [-0.39, 0.29) is 5.56 Å². The molecular weight excluding hydrogens is 352 g/mol. The Morgan fingerprint density at radius 1 is 1.11 bits per heavy atom. The fraction of sp³-hybridized carbons (Fsp3) is 0.429. The first kappa shape index (κ1) is 18.6. The molecule has 0 amide bonds. The summed E-state index contributed by atoms with van der Waals surface area (Å²) in [5, 5.41) is 7.80. The van der Waals surface area contributed by atoms with Gasteiger partial charge in [-0.1, -0.05) is 18.6 Å². The van der Waals surface area contributed by atoms with Crippen LogP contribution in [0.4, 0.5) is 5.82 Å². The van der Waals surface area contributed by atoms with E-state index in [0.717, 1.165) is 48.6 Å². The number of fused-ring (bicyclic) bond motifs is 1. The smallest absolute Gasteiger partial charge is 0.266 e. The number of rotatable bonds is 6. The Morgan fingerprint density at radius 3 is 2.86 bits per heavy atom. The molecule has 1 atom stereocenters. The van der Waals surface area contributed by atoms with E-state index in [1.807, 2.05) is 31.2 Å². The number of hydrogen-bond donors (Lipinski definition) is 1. The Labute approximate surface area is 164 Å². The first-order chi connectivity index (χ1) is 13.7. The predicted octanol–water partition coefficient (Wildman–Crippen LogP) is 2.46. The molecule has 0 radical (unpaired) electrons. The van der Waals surface area contributed by atoms with Gasteiger partial charge < -0.3 is 5.32 Å². The number of likely N-dealkylation sites (tertiary alicyclic amines) is 1. The van der Waals surface area contributed by atoms with Crippen molar-refractivity contribution in [2.45, 2.75) is 38.8 Å². The fourth-order valence-corrected chi connectivity index (χ4v) is 3.78. The van der Waals surface area contributed by atoms with Gasteiger partial charge in [0.15, 0.2) is 0 Å². The standard InChI is InChI=1S/C21H26N6O/c1-16-9-10-21(28)27(25-16)13-12-26-11-5-4-6-17(26)14-23-20-15-22-18-7-2-3-8-19(18)24-20/h2-3,7-10,15,17H,4-6,11-14H2,1H3,(H,23,24). The molecule has 4 rings (SSSR count). The van der Waals surface area contributed by atoms with Gasteiger partial charge in [-0.05, 0) is 44.5 Å². The van der Waals surface area contributed by atoms with E-state index < -0.39 is 0 Å². The second-order valence-electron chi connectivity index (χ2n) is 7.35. The Kier molecular flexibility index (Phi) is 5.62. The highest BCUT2D eigenvalue weighted by Crippen LogP contribution is 2.18. The molecule has 3 heterocycles. The second kappa shape index (κ2) is 8.48. The van der Waals surface area contributed by atoms with E-state index in [9.17, 15) is 4.79 Å². The van der Waals surface area contributed by atoms with Crippen molar-refractivity contribution in [3.05, 3.63) is 58.6 Å². The lowest BCUT2D eigenvalue weighted by molar-refractivity contribution is 0.148. The van der Waals surface area contributed by atoms with Crippen LogP contribution in [0.3, 0.4) is 0 Å². The summed E-state index contributed by atoms with van der Waals surface area (Å²) in [6.07, 6.45) is 5.37. The molecule has 0 aliphatic carbocycles. The molecule has 1 saturated heterocycles. The van der Waals surface area contributed by atoms with Crippen LogP contribution in [0.15, 0.2) is 47.4 Å². The minimum atomic E-state index is -0.0382. The van der Waals surface area contributed by atoms with Crippen LogP contribution in [0.25, 0.3) is 11.0 Å². The molecule has 146 valence electrons. The third kappa shape index (κ3) is 4.36. The summed E-state index contributed by atoms with van der Waals surface area (Å²) in [5.74, 6) is 0.806. The summed E-state index contributed by atoms with van der Waals surface area (Å²) in [6.45, 7) is 5.23. The molecule has 1 unspecified atom stereocenters. The van der Waals surface area contributed by atoms with Crippen molar-refractivity contribution in [3.8, 4) is 0 Å². The first-order valence-electron chi connectivity index (χ1n) is 9.93. The predicted molar refractivity (Wildman–Crippen MR) is 110 cm³/mol. The number of nitrogens with one attached hydrogen (secondary N) is 1. The number of aromatic nitrogens is 4. The Hall–Kier alpha value is -2.80. The molecule has 3 aromatic rings. The molecular formula is C21H26N6O. The third-order valence-electron chi connectivity index (χ3n) is 5.32. The lowest BCUT2D eigenvalue weighted by Crippen LogP contribution is -2.45. The van der Waals surface area contributed by atoms with Gasteiger partial charge in [-0.3, -0.25) is 14.7 Å². The lowest BCUT2D eigenvalue weighted by atomic mass is 10.0. The molecule has 0 saturated carbocycles. The molecule has 7 nitrogen and oxygen atoms in total. The topological polar surface area (TPSA) is 75.9 Å². The highest BCUT2D eigenvalue weighted by Gasteiger charge is 2.22. The van der Waals surface area contributed by atoms with Gasteiger partial charge in [0.1, 0.15) is 5.82 Å². The summed E-state index contributed by atoms with van der Waals surface area (Å²) >= 11 is 0. The van der Waals surface area contributed by atoms with Crippen molar-refractivity contribution >= 4 is 16.9 Å². The van der Waals surface area contributed by atoms with Crippen LogP contribution in [0.2, 0.25) is 0 Å². The number of piperidine rings is 1. The van der Waals surface area contributed by atoms with Gasteiger partial charge in [0.05, 0.1) is 29.5 Å². The van der Waals surface area contributed by atoms with Crippen molar-refractivity contribution in [2.75, 3.05) is 25.0 Å². The highest BCUT2D eigenvalue weighted by molar-refractivity contribution is 5.75. The summed E-state index contributed by atoms with van der Waals surface area (Å²) < 4.78 is 1.57. The molecule has 0 bridgehead atoms. The summed E-state index contributed by atoms with van der Waals surface area (Å²) in [6, 6.07) is 11.7. The normalized spacial score (nSPS) is 17.7. The maximum atomic E-state index is 12.0. The van der Waals surface area contributed by atoms with Crippen LogP contribution in [0.1, 0.15) is 25.0 Å². The van der Waals surface area contributed by atoms with Gasteiger partial charge in [0, 0.05) is 25.2 Å². The largest absolute Gasteiger partial charge is 0.367 e. The number of aryl methyl sites for hydroxylation is 1. The molecule has 1 N–H and O–H groups in total. The van der Waals surface area contributed by atoms with Crippen molar-refractivity contribution in [1.29, 1.82) is 0 Å². The van der Waals surface area contributed by atoms with E-state index in [0.29, 0.717) is 12.6 Å². The maximum Gasteiger partial charge on any atom is 0.266 e. The van der Waals surface area contributed by atoms with E-state index in [2.05, 4.69) is 25.3 Å². The van der Waals surface area contributed by atoms with Gasteiger partial charge in [-0.2, -0.15) is 5.10 Å². The van der Waals surface area contributed by atoms with Crippen LogP contribution < -0.4 is 10.9 Å². The fourth-order valence-electron chi connectivity index (χ4n) is 3.78. The van der Waals surface area contributed by atoms with E-state index in [4.69, 9.17) is 0 Å². The number of para-hydroxylation sites is 2. The van der Waals surface area contributed by atoms with Crippen molar-refractivity contribution in [3.63, 3.8) is 0 Å². The summed E-state index contributed by atoms with van der Waals surface area (Å²) in [4.78, 5) is 23.6. The van der Waals surface area contributed by atoms with Crippen LogP contribution in [0, 0.1) is 6.92 Å². The SMILES string of the molecule is Cc1ccc(=O)n(CCN2CCCCC2CNc2cnc3ccccc3n2)n1. The average Bonchev–Trinajstić information content (AvgIpc) is 2.73. The minimum absolute atomic E-state index is 0.0382. The third-order valence-corrected chi connectivity index (χ3v) is 5.32. The van der Waals surface area contributed by atoms with Gasteiger partial charge >= 0.3 is 0 Å². The molecule has 1 aromatic carbocycles. The summed E-state index contributed by atoms with van der Waals surface area (Å²) in [5.41, 5.74) is 2.64. The molecule has 1 aliphatic heterocycles. The minimum Gasteiger partial charge on any atom is -0.367 e. The zero-order chi connectivity index (χ0) is 19.3. The quantitative estimate of drug-likeness (QED) is 0.710. The van der Waals surface area contributed by atoms with Gasteiger partial charge in [-0.25, -0.2) is 9.67 Å². The average molecular weight is 378 g/mol. The number of nitrogens with zero attached hydrogens (tertiary/aromatic N) is 5. The Bertz CT molecular complexity index is 1000. The number of benzene rings is 1. The van der Waals surface area contributed by atoms with Crippen LogP contribution in [-0.4, -0.2) is 50.3 Å². The Morgan fingerprint density at radius 2 is 1.96 bits per heavy atom. The monoisotopic (exact) mass is 378 g/mol. The zero-order valence-electron chi connectivity index (χ0n) is 16.2. The van der Waals surface area contributed by atoms with Crippen molar-refractivity contribution in [2.24, 2.45) is 0 Å². The number of hydrogen-bond acceptors (Lipinski definition) is 6. The maximum absolute atomic E-state index is 12.0. The van der Waals surface area contributed by atoms with E-state index in [1.54, 1.807) is 23.0 Å². The molecule has 7 heteroatoms. The lowest BCUT2D eigenvalue weighted by Gasteiger charge is -2.35. The van der Waals surface area contributed by atoms with Crippen molar-refractivity contribution < 1.29 is 0 Å². The zero-order valence-corrected chi connectivity index (χ0v) is 16.2. The molecule has 2 aromatic heterocycles. The van der Waals surface area contributed by atoms with Gasteiger partial charge in [0.25, 0.3) is 5.56 Å². The van der Waals surface area contributed by atoms with Crippen molar-refractivity contribution in [1.82, 2.24) is 24.6 Å². The summed E-state index contributed by atoms with van der Waals surface area (Å²) in [7, 11) is 0.